The second kappa shape index (κ2) is 10.0. The summed E-state index contributed by atoms with van der Waals surface area (Å²) in [6.45, 7) is 10.0. The number of nitrogens with zero attached hydrogens (tertiary/aromatic N) is 1. The highest BCUT2D eigenvalue weighted by Crippen LogP contribution is 2.23. The van der Waals surface area contributed by atoms with Crippen LogP contribution in [0.15, 0.2) is 47.4 Å². The third kappa shape index (κ3) is 6.33. The number of amides is 1. The van der Waals surface area contributed by atoms with E-state index < -0.39 is 33.6 Å². The van der Waals surface area contributed by atoms with Gasteiger partial charge in [0.15, 0.2) is 6.10 Å². The average Bonchev–Trinajstić information content (AvgIpc) is 2.75. The van der Waals surface area contributed by atoms with E-state index >= 15 is 0 Å². The lowest BCUT2D eigenvalue weighted by molar-refractivity contribution is -0.130. The second-order valence-corrected chi connectivity index (χ2v) is 9.85. The number of ether oxygens (including phenoxy) is 1. The topological polar surface area (TPSA) is 123 Å². The van der Waals surface area contributed by atoms with Crippen LogP contribution in [0.4, 0.5) is 0 Å². The van der Waals surface area contributed by atoms with Gasteiger partial charge in [0.2, 0.25) is 0 Å². The fourth-order valence-corrected chi connectivity index (χ4v) is 3.98. The van der Waals surface area contributed by atoms with Gasteiger partial charge in [0.1, 0.15) is 16.2 Å². The van der Waals surface area contributed by atoms with E-state index in [9.17, 15) is 23.3 Å². The van der Waals surface area contributed by atoms with Crippen LogP contribution in [0, 0.1) is 31.1 Å². The molecule has 2 rings (SSSR count). The maximum Gasteiger partial charge on any atom is 0.339 e. The smallest absolute Gasteiger partial charge is 0.339 e. The molecule has 9 heteroatoms. The molecular formula is C24H28N2O6S. The largest absolute Gasteiger partial charge is 0.449 e. The maximum absolute atomic E-state index is 12.6. The van der Waals surface area contributed by atoms with Gasteiger partial charge in [-0.2, -0.15) is 13.7 Å². The average molecular weight is 473 g/mol. The van der Waals surface area contributed by atoms with Gasteiger partial charge in [-0.05, 0) is 75.1 Å². The molecule has 176 valence electrons. The van der Waals surface area contributed by atoms with Gasteiger partial charge >= 0.3 is 16.1 Å². The Hall–Kier alpha value is -3.38. The molecule has 0 aliphatic carbocycles. The Morgan fingerprint density at radius 2 is 1.67 bits per heavy atom. The minimum Gasteiger partial charge on any atom is -0.449 e. The summed E-state index contributed by atoms with van der Waals surface area (Å²) in [5.74, 6) is -1.49. The molecule has 0 bridgehead atoms. The number of nitriles is 1. The quantitative estimate of drug-likeness (QED) is 0.459. The van der Waals surface area contributed by atoms with Crippen LogP contribution in [-0.4, -0.2) is 31.9 Å². The number of rotatable bonds is 8. The molecule has 8 nitrogen and oxygen atoms in total. The summed E-state index contributed by atoms with van der Waals surface area (Å²) in [5, 5.41) is 11.9. The highest BCUT2D eigenvalue weighted by atomic mass is 32.2. The summed E-state index contributed by atoms with van der Waals surface area (Å²) in [6.07, 6.45) is -1.13. The van der Waals surface area contributed by atoms with E-state index in [1.165, 1.54) is 37.3 Å². The number of nitrogens with one attached hydrogen (secondary N) is 1. The van der Waals surface area contributed by atoms with Gasteiger partial charge in [-0.3, -0.25) is 4.79 Å². The lowest BCUT2D eigenvalue weighted by Crippen LogP contribution is -2.52. The molecule has 2 aromatic carbocycles. The van der Waals surface area contributed by atoms with Gasteiger partial charge < -0.3 is 14.2 Å². The van der Waals surface area contributed by atoms with Crippen LogP contribution in [0.2, 0.25) is 0 Å². The first-order chi connectivity index (χ1) is 15.3. The summed E-state index contributed by atoms with van der Waals surface area (Å²) in [5.41, 5.74) is 0.344. The Bertz CT molecular complexity index is 1180. The van der Waals surface area contributed by atoms with E-state index in [0.717, 1.165) is 5.56 Å². The summed E-state index contributed by atoms with van der Waals surface area (Å²) >= 11 is 0. The highest BCUT2D eigenvalue weighted by molar-refractivity contribution is 7.87. The summed E-state index contributed by atoms with van der Waals surface area (Å²) < 4.78 is 35.6. The number of benzene rings is 2. The first-order valence-electron chi connectivity index (χ1n) is 10.3. The standard InChI is InChI=1S/C24H28N2O6S/c1-15(2)24(6,14-25)26-22(27)18(5)31-23(28)19-9-11-20(12-10-19)32-33(29,30)21-13-16(3)7-8-17(21)4/h7-13,15,18H,1-6H3,(H,26,27). The van der Waals surface area contributed by atoms with Crippen molar-refractivity contribution in [1.82, 2.24) is 5.32 Å². The molecule has 2 unspecified atom stereocenters. The molecule has 1 N–H and O–H groups in total. The maximum atomic E-state index is 12.6. The fourth-order valence-electron chi connectivity index (χ4n) is 2.74. The van der Waals surface area contributed by atoms with Gasteiger partial charge in [-0.1, -0.05) is 26.0 Å². The van der Waals surface area contributed by atoms with E-state index in [4.69, 9.17) is 8.92 Å². The van der Waals surface area contributed by atoms with E-state index in [1.54, 1.807) is 46.8 Å². The molecule has 0 fully saturated rings. The first-order valence-corrected chi connectivity index (χ1v) is 11.8. The summed E-state index contributed by atoms with van der Waals surface area (Å²) in [7, 11) is -4.05. The van der Waals surface area contributed by atoms with E-state index in [-0.39, 0.29) is 22.1 Å². The molecule has 33 heavy (non-hydrogen) atoms. The predicted molar refractivity (Wildman–Crippen MR) is 122 cm³/mol. The van der Waals surface area contributed by atoms with Gasteiger partial charge in [0.25, 0.3) is 5.91 Å². The molecule has 2 aromatic rings. The molecule has 0 spiro atoms. The molecular weight excluding hydrogens is 444 g/mol. The monoisotopic (exact) mass is 472 g/mol. The zero-order valence-electron chi connectivity index (χ0n) is 19.5. The van der Waals surface area contributed by atoms with Gasteiger partial charge in [-0.25, -0.2) is 4.79 Å². The van der Waals surface area contributed by atoms with Crippen LogP contribution in [0.1, 0.15) is 49.2 Å². The zero-order chi connectivity index (χ0) is 25.0. The van der Waals surface area contributed by atoms with Crippen molar-refractivity contribution < 1.29 is 26.9 Å². The van der Waals surface area contributed by atoms with E-state index in [0.29, 0.717) is 5.56 Å². The van der Waals surface area contributed by atoms with E-state index in [1.807, 2.05) is 0 Å². The molecule has 0 aliphatic rings. The van der Waals surface area contributed by atoms with Crippen molar-refractivity contribution in [3.05, 3.63) is 59.2 Å². The lowest BCUT2D eigenvalue weighted by Gasteiger charge is -2.28. The Balaban J connectivity index is 2.07. The van der Waals surface area contributed by atoms with Crippen LogP contribution < -0.4 is 9.50 Å². The molecule has 1 amide bonds. The summed E-state index contributed by atoms with van der Waals surface area (Å²) in [6, 6.07) is 12.4. The van der Waals surface area contributed by atoms with Crippen molar-refractivity contribution in [2.45, 2.75) is 58.1 Å². The lowest BCUT2D eigenvalue weighted by atomic mass is 9.90. The molecule has 0 radical (unpaired) electrons. The Labute approximate surface area is 194 Å². The van der Waals surface area contributed by atoms with Crippen LogP contribution in [-0.2, 0) is 19.6 Å². The van der Waals surface area contributed by atoms with Crippen LogP contribution in [0.25, 0.3) is 0 Å². The molecule has 0 saturated carbocycles. The van der Waals surface area contributed by atoms with Crippen molar-refractivity contribution in [2.75, 3.05) is 0 Å². The zero-order valence-corrected chi connectivity index (χ0v) is 20.3. The predicted octanol–water partition coefficient (Wildman–Crippen LogP) is 3.67. The SMILES string of the molecule is Cc1ccc(C)c(S(=O)(=O)Oc2ccc(C(=O)OC(C)C(=O)NC(C)(C#N)C(C)C)cc2)c1. The number of carbonyl (C=O) groups excluding carboxylic acids is 2. The molecule has 2 atom stereocenters. The third-order valence-electron chi connectivity index (χ3n) is 5.33. The minimum atomic E-state index is -4.05. The molecule has 0 saturated heterocycles. The third-order valence-corrected chi connectivity index (χ3v) is 6.72. The van der Waals surface area contributed by atoms with Crippen LogP contribution in [0.3, 0.4) is 0 Å². The second-order valence-electron chi connectivity index (χ2n) is 8.34. The minimum absolute atomic E-state index is 0.0277. The Morgan fingerprint density at radius 1 is 1.06 bits per heavy atom. The van der Waals surface area contributed by atoms with Crippen molar-refractivity contribution in [1.29, 1.82) is 5.26 Å². The van der Waals surface area contributed by atoms with Gasteiger partial charge in [0.05, 0.1) is 11.6 Å². The normalized spacial score (nSPS) is 14.0. The van der Waals surface area contributed by atoms with Gasteiger partial charge in [0, 0.05) is 0 Å². The number of hydrogen-bond donors (Lipinski definition) is 1. The molecule has 0 aliphatic heterocycles. The molecule has 0 heterocycles. The number of aryl methyl sites for hydroxylation is 2. The number of hydrogen-bond acceptors (Lipinski definition) is 7. The highest BCUT2D eigenvalue weighted by Gasteiger charge is 2.32. The number of carbonyl (C=O) groups is 2. The Kier molecular flexibility index (Phi) is 7.88. The van der Waals surface area contributed by atoms with Gasteiger partial charge in [-0.15, -0.1) is 0 Å². The van der Waals surface area contributed by atoms with Crippen LogP contribution >= 0.6 is 0 Å². The van der Waals surface area contributed by atoms with E-state index in [2.05, 4.69) is 11.4 Å². The summed E-state index contributed by atoms with van der Waals surface area (Å²) in [4.78, 5) is 24.8. The van der Waals surface area contributed by atoms with Crippen molar-refractivity contribution in [3.63, 3.8) is 0 Å². The fraction of sp³-hybridized carbons (Fsp3) is 0.375. The molecule has 0 aromatic heterocycles. The van der Waals surface area contributed by atoms with Crippen molar-refractivity contribution in [2.24, 2.45) is 5.92 Å². The first kappa shape index (κ1) is 25.9. The number of esters is 1. The Morgan fingerprint density at radius 3 is 2.21 bits per heavy atom. The van der Waals surface area contributed by atoms with Crippen molar-refractivity contribution in [3.8, 4) is 11.8 Å². The van der Waals surface area contributed by atoms with Crippen molar-refractivity contribution >= 4 is 22.0 Å². The van der Waals surface area contributed by atoms with Crippen LogP contribution in [0.5, 0.6) is 5.75 Å².